The Morgan fingerprint density at radius 1 is 1.14 bits per heavy atom. The summed E-state index contributed by atoms with van der Waals surface area (Å²) >= 11 is 0. The van der Waals surface area contributed by atoms with Crippen LogP contribution in [0.3, 0.4) is 0 Å². The van der Waals surface area contributed by atoms with Gasteiger partial charge in [0.25, 0.3) is 0 Å². The van der Waals surface area contributed by atoms with Crippen molar-refractivity contribution in [2.45, 2.75) is 20.8 Å². The number of nitrogens with zero attached hydrogens (tertiary/aromatic N) is 1. The highest BCUT2D eigenvalue weighted by molar-refractivity contribution is 5.39. The van der Waals surface area contributed by atoms with E-state index in [0.717, 1.165) is 5.69 Å². The third-order valence-electron chi connectivity index (χ3n) is 2.44. The van der Waals surface area contributed by atoms with E-state index in [1.54, 1.807) is 0 Å². The summed E-state index contributed by atoms with van der Waals surface area (Å²) in [5.74, 6) is 0. The van der Waals surface area contributed by atoms with Crippen molar-refractivity contribution in [1.29, 1.82) is 0 Å². The van der Waals surface area contributed by atoms with Crippen molar-refractivity contribution in [3.8, 4) is 5.69 Å². The second-order valence-electron chi connectivity index (χ2n) is 3.69. The van der Waals surface area contributed by atoms with Gasteiger partial charge in [0.15, 0.2) is 0 Å². The third kappa shape index (κ3) is 1.46. The fraction of sp³-hybridized carbons (Fsp3) is 0.231. The van der Waals surface area contributed by atoms with E-state index in [-0.39, 0.29) is 0 Å². The van der Waals surface area contributed by atoms with Gasteiger partial charge in [-0.1, -0.05) is 12.1 Å². The van der Waals surface area contributed by atoms with E-state index in [1.165, 1.54) is 16.9 Å². The lowest BCUT2D eigenvalue weighted by molar-refractivity contribution is 0.963. The molecule has 0 atom stereocenters. The average Bonchev–Trinajstić information content (AvgIpc) is 2.46. The van der Waals surface area contributed by atoms with E-state index in [0.29, 0.717) is 0 Å². The highest BCUT2D eigenvalue weighted by Crippen LogP contribution is 2.16. The summed E-state index contributed by atoms with van der Waals surface area (Å²) < 4.78 is 2.22. The average molecular weight is 184 g/mol. The molecule has 0 bridgehead atoms. The van der Waals surface area contributed by atoms with Gasteiger partial charge in [-0.15, -0.1) is 0 Å². The minimum atomic E-state index is 1.16. The molecule has 0 saturated carbocycles. The van der Waals surface area contributed by atoms with Crippen LogP contribution in [0.1, 0.15) is 17.0 Å². The highest BCUT2D eigenvalue weighted by atomic mass is 15.0. The number of hydrogen-bond acceptors (Lipinski definition) is 0. The van der Waals surface area contributed by atoms with Crippen LogP contribution in [0.2, 0.25) is 0 Å². The lowest BCUT2D eigenvalue weighted by atomic mass is 10.2. The first-order valence-corrected chi connectivity index (χ1v) is 4.82. The van der Waals surface area contributed by atoms with E-state index in [2.05, 4.69) is 55.7 Å². The molecule has 0 unspecified atom stereocenters. The van der Waals surface area contributed by atoms with Gasteiger partial charge in [0.2, 0.25) is 0 Å². The second kappa shape index (κ2) is 3.33. The Balaban J connectivity index is 2.59. The lowest BCUT2D eigenvalue weighted by Gasteiger charge is -2.09. The normalized spacial score (nSPS) is 10.5. The molecule has 0 aliphatic carbocycles. The number of aromatic nitrogens is 1. The predicted molar refractivity (Wildman–Crippen MR) is 58.8 cm³/mol. The number of hydrogen-bond donors (Lipinski definition) is 0. The van der Waals surface area contributed by atoms with Crippen LogP contribution in [-0.2, 0) is 0 Å². The molecule has 1 nitrogen and oxygen atoms in total. The number of benzene rings is 1. The first-order valence-electron chi connectivity index (χ1n) is 4.82. The maximum absolute atomic E-state index is 3.22. The van der Waals surface area contributed by atoms with Gasteiger partial charge in [-0.05, 0) is 44.5 Å². The SMILES string of the molecule is Cc1cccc(-n2c(C)[c]cc2C)c1. The molecule has 0 amide bonds. The minimum Gasteiger partial charge on any atom is -0.318 e. The molecule has 1 radical (unpaired) electrons. The van der Waals surface area contributed by atoms with Crippen molar-refractivity contribution >= 4 is 0 Å². The van der Waals surface area contributed by atoms with Gasteiger partial charge < -0.3 is 4.57 Å². The third-order valence-corrected chi connectivity index (χ3v) is 2.44. The van der Waals surface area contributed by atoms with Crippen LogP contribution in [-0.4, -0.2) is 4.57 Å². The van der Waals surface area contributed by atoms with Gasteiger partial charge in [0.1, 0.15) is 0 Å². The molecule has 1 heterocycles. The molecule has 2 rings (SSSR count). The lowest BCUT2D eigenvalue weighted by Crippen LogP contribution is -1.98. The Morgan fingerprint density at radius 2 is 1.93 bits per heavy atom. The zero-order valence-electron chi connectivity index (χ0n) is 8.83. The molecular formula is C13H14N. The molecule has 1 aromatic carbocycles. The molecule has 2 aromatic rings. The molecule has 71 valence electrons. The van der Waals surface area contributed by atoms with Crippen LogP contribution in [0.15, 0.2) is 30.3 Å². The van der Waals surface area contributed by atoms with Crippen LogP contribution >= 0.6 is 0 Å². The number of rotatable bonds is 1. The van der Waals surface area contributed by atoms with E-state index in [4.69, 9.17) is 0 Å². The smallest absolute Gasteiger partial charge is 0.0457 e. The van der Waals surface area contributed by atoms with Crippen LogP contribution in [0.5, 0.6) is 0 Å². The molecule has 0 aliphatic rings. The maximum Gasteiger partial charge on any atom is 0.0457 e. The Morgan fingerprint density at radius 3 is 2.50 bits per heavy atom. The zero-order valence-corrected chi connectivity index (χ0v) is 8.83. The van der Waals surface area contributed by atoms with E-state index >= 15 is 0 Å². The first kappa shape index (κ1) is 9.07. The quantitative estimate of drug-likeness (QED) is 0.641. The second-order valence-corrected chi connectivity index (χ2v) is 3.69. The molecule has 14 heavy (non-hydrogen) atoms. The summed E-state index contributed by atoms with van der Waals surface area (Å²) in [4.78, 5) is 0. The predicted octanol–water partition coefficient (Wildman–Crippen LogP) is 3.20. The van der Waals surface area contributed by atoms with Crippen molar-refractivity contribution in [1.82, 2.24) is 4.57 Å². The summed E-state index contributed by atoms with van der Waals surface area (Å²) in [6.07, 6.45) is 0. The molecule has 0 fully saturated rings. The first-order chi connectivity index (χ1) is 6.68. The molecule has 0 aliphatic heterocycles. The van der Waals surface area contributed by atoms with E-state index < -0.39 is 0 Å². The van der Waals surface area contributed by atoms with Crippen molar-refractivity contribution in [3.63, 3.8) is 0 Å². The summed E-state index contributed by atoms with van der Waals surface area (Å²) in [6, 6.07) is 13.8. The van der Waals surface area contributed by atoms with Crippen molar-refractivity contribution in [2.24, 2.45) is 0 Å². The molecule has 0 spiro atoms. The van der Waals surface area contributed by atoms with Crippen molar-refractivity contribution < 1.29 is 0 Å². The van der Waals surface area contributed by atoms with Crippen molar-refractivity contribution in [2.75, 3.05) is 0 Å². The molecule has 1 aromatic heterocycles. The Labute approximate surface area is 85.0 Å². The van der Waals surface area contributed by atoms with Crippen molar-refractivity contribution in [3.05, 3.63) is 53.3 Å². The van der Waals surface area contributed by atoms with Crippen LogP contribution in [0, 0.1) is 26.8 Å². The Kier molecular flexibility index (Phi) is 2.16. The monoisotopic (exact) mass is 184 g/mol. The molecule has 0 N–H and O–H groups in total. The van der Waals surface area contributed by atoms with Gasteiger partial charge in [-0.25, -0.2) is 0 Å². The summed E-state index contributed by atoms with van der Waals surface area (Å²) in [7, 11) is 0. The fourth-order valence-electron chi connectivity index (χ4n) is 1.77. The summed E-state index contributed by atoms with van der Waals surface area (Å²) in [5.41, 5.74) is 4.90. The maximum atomic E-state index is 3.22. The molecule has 0 saturated heterocycles. The summed E-state index contributed by atoms with van der Waals surface area (Å²) in [6.45, 7) is 6.29. The minimum absolute atomic E-state index is 1.16. The molecular weight excluding hydrogens is 170 g/mol. The topological polar surface area (TPSA) is 4.93 Å². The highest BCUT2D eigenvalue weighted by Gasteiger charge is 2.03. The number of aryl methyl sites for hydroxylation is 3. The zero-order chi connectivity index (χ0) is 10.1. The fourth-order valence-corrected chi connectivity index (χ4v) is 1.77. The summed E-state index contributed by atoms with van der Waals surface area (Å²) in [5, 5.41) is 0. The van der Waals surface area contributed by atoms with Crippen LogP contribution < -0.4 is 0 Å². The van der Waals surface area contributed by atoms with Gasteiger partial charge in [0.05, 0.1) is 0 Å². The van der Waals surface area contributed by atoms with Gasteiger partial charge in [0, 0.05) is 23.1 Å². The van der Waals surface area contributed by atoms with Crippen LogP contribution in [0.4, 0.5) is 0 Å². The Hall–Kier alpha value is -1.50. The van der Waals surface area contributed by atoms with E-state index in [1.807, 2.05) is 6.07 Å². The standard InChI is InChI=1S/C13H14N/c1-10-5-4-6-13(9-10)14-11(2)7-8-12(14)3/h4-7,9H,1-3H3. The largest absolute Gasteiger partial charge is 0.318 e. The van der Waals surface area contributed by atoms with Gasteiger partial charge >= 0.3 is 0 Å². The molecule has 1 heteroatoms. The van der Waals surface area contributed by atoms with Gasteiger partial charge in [-0.3, -0.25) is 0 Å². The Bertz CT molecular complexity index is 433. The van der Waals surface area contributed by atoms with Crippen LogP contribution in [0.25, 0.3) is 5.69 Å². The van der Waals surface area contributed by atoms with E-state index in [9.17, 15) is 0 Å². The van der Waals surface area contributed by atoms with Gasteiger partial charge in [-0.2, -0.15) is 0 Å².